The van der Waals surface area contributed by atoms with Gasteiger partial charge in [-0.05, 0) is 34.4 Å². The number of alkyl halides is 3. The molecule has 1 heterocycles. The van der Waals surface area contributed by atoms with Crippen molar-refractivity contribution < 1.29 is 19.4 Å². The van der Waals surface area contributed by atoms with Crippen LogP contribution in [0.3, 0.4) is 0 Å². The fraction of sp³-hybridized carbons (Fsp3) is 0.265. The Morgan fingerprint density at radius 2 is 1.42 bits per heavy atom. The molecule has 224 valence electrons. The molecule has 1 aliphatic rings. The monoisotopic (exact) mass is 638 g/mol. The highest BCUT2D eigenvalue weighted by atomic mass is 35.6. The lowest BCUT2D eigenvalue weighted by atomic mass is 9.99. The van der Waals surface area contributed by atoms with Gasteiger partial charge >= 0.3 is 0 Å². The van der Waals surface area contributed by atoms with Crippen LogP contribution in [0.4, 0.5) is 5.69 Å². The number of carbonyl (C=O) groups excluding carboxylic acids is 1. The first-order chi connectivity index (χ1) is 20.8. The van der Waals surface area contributed by atoms with Gasteiger partial charge in [0.05, 0.1) is 18.8 Å². The van der Waals surface area contributed by atoms with Gasteiger partial charge in [0.2, 0.25) is 0 Å². The Hall–Kier alpha value is -2.94. The third-order valence-electron chi connectivity index (χ3n) is 7.25. The summed E-state index contributed by atoms with van der Waals surface area (Å²) >= 11 is 17.3. The van der Waals surface area contributed by atoms with Gasteiger partial charge in [-0.25, -0.2) is 0 Å². The van der Waals surface area contributed by atoms with Crippen molar-refractivity contribution in [2.24, 2.45) is 0 Å². The number of hydrogen-bond acceptors (Lipinski definition) is 5. The average molecular weight is 640 g/mol. The average Bonchev–Trinajstić information content (AvgIpc) is 3.01. The Balaban J connectivity index is 1.41. The Morgan fingerprint density at radius 3 is 2.00 bits per heavy atom. The van der Waals surface area contributed by atoms with Crippen molar-refractivity contribution in [1.82, 2.24) is 4.90 Å². The summed E-state index contributed by atoms with van der Waals surface area (Å²) in [6.45, 7) is 2.16. The number of aliphatic hydroxyl groups is 1. The van der Waals surface area contributed by atoms with Crippen LogP contribution in [0.15, 0.2) is 109 Å². The summed E-state index contributed by atoms with van der Waals surface area (Å²) in [6, 6.07) is 35.7. The van der Waals surface area contributed by atoms with E-state index >= 15 is 0 Å². The van der Waals surface area contributed by atoms with E-state index in [0.717, 1.165) is 29.8 Å². The van der Waals surface area contributed by atoms with E-state index in [1.807, 2.05) is 42.5 Å². The molecule has 9 heteroatoms. The Bertz CT molecular complexity index is 1430. The number of rotatable bonds is 10. The van der Waals surface area contributed by atoms with Gasteiger partial charge in [-0.1, -0.05) is 132 Å². The standard InChI is InChI=1S/C34H33Cl3N2O4/c35-34(36,37)33(41)38-29-13-7-12-28(18-29)32-42-30(19-31(43-32)27-16-14-26(23-40)15-17-27)22-39(20-24-8-3-1-4-9-24)21-25-10-5-2-6-11-25/h1-18,30-32,40H,19-23H2,(H,38,41). The number of nitrogens with one attached hydrogen (secondary N) is 1. The first kappa shape index (κ1) is 31.5. The summed E-state index contributed by atoms with van der Waals surface area (Å²) in [5, 5.41) is 12.2. The van der Waals surface area contributed by atoms with Gasteiger partial charge in [0.25, 0.3) is 9.70 Å². The molecule has 0 saturated carbocycles. The van der Waals surface area contributed by atoms with Gasteiger partial charge in [-0.3, -0.25) is 9.69 Å². The lowest BCUT2D eigenvalue weighted by molar-refractivity contribution is -0.253. The molecule has 1 fully saturated rings. The summed E-state index contributed by atoms with van der Waals surface area (Å²) in [4.78, 5) is 14.7. The molecule has 1 aliphatic heterocycles. The number of ether oxygens (including phenoxy) is 2. The van der Waals surface area contributed by atoms with E-state index in [0.29, 0.717) is 18.7 Å². The summed E-state index contributed by atoms with van der Waals surface area (Å²) in [5.41, 5.74) is 5.45. The van der Waals surface area contributed by atoms with Crippen molar-refractivity contribution in [3.05, 3.63) is 137 Å². The van der Waals surface area contributed by atoms with Gasteiger partial charge in [0, 0.05) is 37.3 Å². The second-order valence-electron chi connectivity index (χ2n) is 10.6. The van der Waals surface area contributed by atoms with Crippen molar-refractivity contribution >= 4 is 46.4 Å². The van der Waals surface area contributed by atoms with E-state index in [-0.39, 0.29) is 18.8 Å². The third-order valence-corrected chi connectivity index (χ3v) is 7.76. The summed E-state index contributed by atoms with van der Waals surface area (Å²) < 4.78 is 11.0. The number of benzene rings is 4. The van der Waals surface area contributed by atoms with Crippen LogP contribution in [0, 0.1) is 0 Å². The van der Waals surface area contributed by atoms with Crippen LogP contribution in [0.1, 0.15) is 46.6 Å². The van der Waals surface area contributed by atoms with Crippen molar-refractivity contribution in [3.63, 3.8) is 0 Å². The molecule has 0 aromatic heterocycles. The molecule has 3 unspecified atom stereocenters. The van der Waals surface area contributed by atoms with Gasteiger partial charge in [-0.2, -0.15) is 0 Å². The molecule has 2 N–H and O–H groups in total. The van der Waals surface area contributed by atoms with Crippen LogP contribution < -0.4 is 5.32 Å². The van der Waals surface area contributed by atoms with Crippen molar-refractivity contribution in [1.29, 1.82) is 0 Å². The van der Waals surface area contributed by atoms with Gasteiger partial charge in [-0.15, -0.1) is 0 Å². The minimum atomic E-state index is -2.09. The van der Waals surface area contributed by atoms with Crippen LogP contribution in [0.5, 0.6) is 0 Å². The molecule has 0 spiro atoms. The number of aliphatic hydroxyl groups excluding tert-OH is 1. The zero-order valence-electron chi connectivity index (χ0n) is 23.4. The largest absolute Gasteiger partial charge is 0.392 e. The van der Waals surface area contributed by atoms with Crippen LogP contribution in [-0.2, 0) is 34.0 Å². The summed E-state index contributed by atoms with van der Waals surface area (Å²) in [7, 11) is 0. The summed E-state index contributed by atoms with van der Waals surface area (Å²) in [5.74, 6) is -0.752. The molecule has 3 atom stereocenters. The van der Waals surface area contributed by atoms with Crippen LogP contribution in [0.2, 0.25) is 0 Å². The summed E-state index contributed by atoms with van der Waals surface area (Å²) in [6.07, 6.45) is -0.501. The minimum absolute atomic E-state index is 0.0270. The van der Waals surface area contributed by atoms with Crippen molar-refractivity contribution in [2.75, 3.05) is 11.9 Å². The number of amides is 1. The maximum atomic E-state index is 12.3. The normalized spacial score (nSPS) is 18.9. The second kappa shape index (κ2) is 14.7. The fourth-order valence-corrected chi connectivity index (χ4v) is 5.30. The van der Waals surface area contributed by atoms with Gasteiger partial charge in [0.15, 0.2) is 6.29 Å². The molecule has 43 heavy (non-hydrogen) atoms. The number of carbonyl (C=O) groups is 1. The van der Waals surface area contributed by atoms with Crippen LogP contribution in [0.25, 0.3) is 0 Å². The van der Waals surface area contributed by atoms with Gasteiger partial charge < -0.3 is 19.9 Å². The third kappa shape index (κ3) is 9.03. The Labute approximate surface area is 267 Å². The SMILES string of the molecule is O=C(Nc1cccc(C2OC(CN(Cc3ccccc3)Cc3ccccc3)CC(c3ccc(CO)cc3)O2)c1)C(Cl)(Cl)Cl. The van der Waals surface area contributed by atoms with E-state index in [2.05, 4.69) is 58.7 Å². The smallest absolute Gasteiger partial charge is 0.276 e. The molecule has 0 radical (unpaired) electrons. The molecule has 1 saturated heterocycles. The predicted octanol–water partition coefficient (Wildman–Crippen LogP) is 7.74. The first-order valence-electron chi connectivity index (χ1n) is 14.1. The molecule has 4 aromatic carbocycles. The van der Waals surface area contributed by atoms with Crippen molar-refractivity contribution in [3.8, 4) is 0 Å². The molecule has 0 bridgehead atoms. The maximum Gasteiger partial charge on any atom is 0.276 e. The Kier molecular flexibility index (Phi) is 10.8. The lowest BCUT2D eigenvalue weighted by Crippen LogP contribution is -2.39. The molecule has 4 aromatic rings. The molecular weight excluding hydrogens is 607 g/mol. The highest BCUT2D eigenvalue weighted by Crippen LogP contribution is 2.39. The number of anilines is 1. The zero-order chi connectivity index (χ0) is 30.2. The van der Waals surface area contributed by atoms with E-state index in [1.165, 1.54) is 11.1 Å². The number of halogens is 3. The lowest BCUT2D eigenvalue weighted by Gasteiger charge is -2.38. The van der Waals surface area contributed by atoms with Gasteiger partial charge in [0.1, 0.15) is 0 Å². The van der Waals surface area contributed by atoms with Crippen LogP contribution >= 0.6 is 34.8 Å². The number of nitrogens with zero attached hydrogens (tertiary/aromatic N) is 1. The maximum absolute atomic E-state index is 12.3. The highest BCUT2D eigenvalue weighted by molar-refractivity contribution is 6.76. The predicted molar refractivity (Wildman–Crippen MR) is 171 cm³/mol. The highest BCUT2D eigenvalue weighted by Gasteiger charge is 2.34. The molecule has 1 amide bonds. The zero-order valence-corrected chi connectivity index (χ0v) is 25.7. The van der Waals surface area contributed by atoms with E-state index < -0.39 is 16.0 Å². The van der Waals surface area contributed by atoms with Crippen molar-refractivity contribution in [2.45, 2.75) is 48.4 Å². The van der Waals surface area contributed by atoms with E-state index in [1.54, 1.807) is 18.2 Å². The molecule has 0 aliphatic carbocycles. The molecular formula is C34H33Cl3N2O4. The first-order valence-corrected chi connectivity index (χ1v) is 15.2. The quantitative estimate of drug-likeness (QED) is 0.174. The minimum Gasteiger partial charge on any atom is -0.392 e. The molecule has 5 rings (SSSR count). The van der Waals surface area contributed by atoms with E-state index in [4.69, 9.17) is 44.3 Å². The second-order valence-corrected chi connectivity index (χ2v) is 12.8. The van der Waals surface area contributed by atoms with Crippen LogP contribution in [-0.4, -0.2) is 32.4 Å². The number of hydrogen-bond donors (Lipinski definition) is 2. The Morgan fingerprint density at radius 1 is 0.791 bits per heavy atom. The molecule has 6 nitrogen and oxygen atoms in total. The fourth-order valence-electron chi connectivity index (χ4n) is 5.15. The topological polar surface area (TPSA) is 71.0 Å². The van der Waals surface area contributed by atoms with E-state index in [9.17, 15) is 9.90 Å².